The zero-order valence-electron chi connectivity index (χ0n) is 13.0. The molecule has 1 fully saturated rings. The number of rotatable bonds is 5. The highest BCUT2D eigenvalue weighted by molar-refractivity contribution is 7.92. The lowest BCUT2D eigenvalue weighted by atomic mass is 10.1. The Hall–Kier alpha value is -0.710. The van der Waals surface area contributed by atoms with E-state index in [1.165, 1.54) is 38.4 Å². The molecular formula is C13H22ClN3O4S2. The third-order valence-electron chi connectivity index (χ3n) is 3.56. The van der Waals surface area contributed by atoms with E-state index < -0.39 is 20.0 Å². The number of benzene rings is 1. The third kappa shape index (κ3) is 4.65. The van der Waals surface area contributed by atoms with Gasteiger partial charge in [0, 0.05) is 20.1 Å². The van der Waals surface area contributed by atoms with Gasteiger partial charge in [-0.2, -0.15) is 0 Å². The Morgan fingerprint density at radius 2 is 1.57 bits per heavy atom. The van der Waals surface area contributed by atoms with Gasteiger partial charge < -0.3 is 5.32 Å². The van der Waals surface area contributed by atoms with Crippen LogP contribution in [0.2, 0.25) is 0 Å². The van der Waals surface area contributed by atoms with Crippen molar-refractivity contribution in [3.63, 3.8) is 0 Å². The predicted octanol–water partition coefficient (Wildman–Crippen LogP) is 0.389. The number of halogens is 1. The first-order valence-electron chi connectivity index (χ1n) is 7.00. The molecule has 0 amide bonds. The Labute approximate surface area is 144 Å². The summed E-state index contributed by atoms with van der Waals surface area (Å²) in [5.74, 6) is 0. The average Bonchev–Trinajstić information content (AvgIpc) is 2.47. The third-order valence-corrected chi connectivity index (χ3v) is 7.14. The van der Waals surface area contributed by atoms with Crippen LogP contribution in [-0.4, -0.2) is 54.4 Å². The topological polar surface area (TPSA) is 95.6 Å². The molecule has 7 nitrogen and oxygen atoms in total. The van der Waals surface area contributed by atoms with Gasteiger partial charge >= 0.3 is 0 Å². The lowest BCUT2D eigenvalue weighted by Gasteiger charge is -2.24. The van der Waals surface area contributed by atoms with E-state index in [4.69, 9.17) is 0 Å². The highest BCUT2D eigenvalue weighted by Gasteiger charge is 2.29. The molecule has 0 atom stereocenters. The van der Waals surface area contributed by atoms with Crippen molar-refractivity contribution < 1.29 is 16.8 Å². The van der Waals surface area contributed by atoms with Crippen LogP contribution >= 0.6 is 12.4 Å². The lowest BCUT2D eigenvalue weighted by molar-refractivity contribution is 0.426. The van der Waals surface area contributed by atoms with Crippen molar-refractivity contribution in [3.05, 3.63) is 24.3 Å². The molecular weight excluding hydrogens is 362 g/mol. The number of hydrogen-bond acceptors (Lipinski definition) is 5. The van der Waals surface area contributed by atoms with E-state index in [-0.39, 0.29) is 28.2 Å². The van der Waals surface area contributed by atoms with Crippen molar-refractivity contribution in [1.82, 2.24) is 14.3 Å². The van der Waals surface area contributed by atoms with Gasteiger partial charge in [-0.3, -0.25) is 0 Å². The van der Waals surface area contributed by atoms with Crippen molar-refractivity contribution in [1.29, 1.82) is 0 Å². The molecule has 1 aromatic carbocycles. The number of hydrogen-bond donors (Lipinski definition) is 2. The maximum Gasteiger partial charge on any atom is 0.243 e. The van der Waals surface area contributed by atoms with Crippen LogP contribution in [-0.2, 0) is 20.0 Å². The van der Waals surface area contributed by atoms with Gasteiger partial charge in [-0.05, 0) is 38.1 Å². The van der Waals surface area contributed by atoms with Gasteiger partial charge in [0.25, 0.3) is 0 Å². The number of nitrogens with one attached hydrogen (secondary N) is 2. The Bertz CT molecular complexity index is 729. The van der Waals surface area contributed by atoms with Crippen molar-refractivity contribution in [2.45, 2.75) is 28.7 Å². The minimum Gasteiger partial charge on any atom is -0.317 e. The van der Waals surface area contributed by atoms with Crippen molar-refractivity contribution >= 4 is 32.5 Å². The van der Waals surface area contributed by atoms with E-state index in [0.29, 0.717) is 12.8 Å². The van der Waals surface area contributed by atoms with Crippen LogP contribution in [0, 0.1) is 0 Å². The summed E-state index contributed by atoms with van der Waals surface area (Å²) >= 11 is 0. The molecule has 132 valence electrons. The van der Waals surface area contributed by atoms with Crippen LogP contribution in [0.4, 0.5) is 0 Å². The molecule has 0 radical (unpaired) electrons. The molecule has 10 heteroatoms. The molecule has 2 N–H and O–H groups in total. The van der Waals surface area contributed by atoms with Gasteiger partial charge in [-0.1, -0.05) is 12.1 Å². The minimum absolute atomic E-state index is 0. The van der Waals surface area contributed by atoms with Gasteiger partial charge in [-0.25, -0.2) is 25.9 Å². The number of sulfonamides is 2. The second-order valence-corrected chi connectivity index (χ2v) is 9.18. The molecule has 0 saturated carbocycles. The molecule has 1 saturated heterocycles. The highest BCUT2D eigenvalue weighted by atomic mass is 35.5. The van der Waals surface area contributed by atoms with E-state index in [0.717, 1.165) is 17.4 Å². The Balaban J connectivity index is 0.00000264. The monoisotopic (exact) mass is 383 g/mol. The van der Waals surface area contributed by atoms with Crippen LogP contribution < -0.4 is 10.0 Å². The summed E-state index contributed by atoms with van der Waals surface area (Å²) in [6, 6.07) is 5.49. The zero-order valence-corrected chi connectivity index (χ0v) is 15.5. The molecule has 2 rings (SSSR count). The summed E-state index contributed by atoms with van der Waals surface area (Å²) in [5, 5.41) is 3.15. The summed E-state index contributed by atoms with van der Waals surface area (Å²) in [6.07, 6.45) is 1.36. The fourth-order valence-electron chi connectivity index (χ4n) is 2.30. The maximum atomic E-state index is 12.6. The molecule has 0 aromatic heterocycles. The molecule has 0 aliphatic carbocycles. The van der Waals surface area contributed by atoms with Gasteiger partial charge in [0.1, 0.15) is 9.79 Å². The van der Waals surface area contributed by atoms with E-state index in [9.17, 15) is 16.8 Å². The molecule has 0 bridgehead atoms. The minimum atomic E-state index is -3.89. The van der Waals surface area contributed by atoms with Gasteiger partial charge in [0.15, 0.2) is 0 Å². The normalized spacial score (nSPS) is 17.0. The van der Waals surface area contributed by atoms with Crippen LogP contribution in [0.3, 0.4) is 0 Å². The van der Waals surface area contributed by atoms with Crippen LogP contribution in [0.1, 0.15) is 12.8 Å². The molecule has 1 heterocycles. The first kappa shape index (κ1) is 20.3. The standard InChI is InChI=1S/C13H21N3O4S2.ClH/c1-16(2)22(19,20)13-6-4-3-5-12(13)21(17,18)15-11-7-9-14-10-8-11;/h3-6,11,14-15H,7-10H2,1-2H3;1H. The highest BCUT2D eigenvalue weighted by Crippen LogP contribution is 2.23. The van der Waals surface area contributed by atoms with Crippen LogP contribution in [0.25, 0.3) is 0 Å². The van der Waals surface area contributed by atoms with Crippen LogP contribution in [0.5, 0.6) is 0 Å². The zero-order chi connectivity index (χ0) is 16.4. The second-order valence-electron chi connectivity index (χ2n) is 5.38. The van der Waals surface area contributed by atoms with Gasteiger partial charge in [0.05, 0.1) is 0 Å². The molecule has 0 unspecified atom stereocenters. The molecule has 0 spiro atoms. The van der Waals surface area contributed by atoms with Crippen molar-refractivity contribution in [3.8, 4) is 0 Å². The first-order chi connectivity index (χ1) is 10.2. The summed E-state index contributed by atoms with van der Waals surface area (Å²) in [4.78, 5) is -0.413. The fourth-order valence-corrected chi connectivity index (χ4v) is 5.31. The summed E-state index contributed by atoms with van der Waals surface area (Å²) in [7, 11) is -4.97. The smallest absolute Gasteiger partial charge is 0.243 e. The number of nitrogens with zero attached hydrogens (tertiary/aromatic N) is 1. The summed E-state index contributed by atoms with van der Waals surface area (Å²) < 4.78 is 53.4. The summed E-state index contributed by atoms with van der Waals surface area (Å²) in [6.45, 7) is 1.48. The van der Waals surface area contributed by atoms with Crippen molar-refractivity contribution in [2.75, 3.05) is 27.2 Å². The quantitative estimate of drug-likeness (QED) is 0.766. The fraction of sp³-hybridized carbons (Fsp3) is 0.538. The lowest BCUT2D eigenvalue weighted by Crippen LogP contribution is -2.43. The average molecular weight is 384 g/mol. The molecule has 23 heavy (non-hydrogen) atoms. The Morgan fingerprint density at radius 1 is 1.04 bits per heavy atom. The first-order valence-corrected chi connectivity index (χ1v) is 9.92. The van der Waals surface area contributed by atoms with Gasteiger partial charge in [0.2, 0.25) is 20.0 Å². The van der Waals surface area contributed by atoms with E-state index >= 15 is 0 Å². The van der Waals surface area contributed by atoms with Gasteiger partial charge in [-0.15, -0.1) is 12.4 Å². The number of piperidine rings is 1. The Kier molecular flexibility index (Phi) is 6.99. The maximum absolute atomic E-state index is 12.6. The predicted molar refractivity (Wildman–Crippen MR) is 90.8 cm³/mol. The second kappa shape index (κ2) is 7.91. The van der Waals surface area contributed by atoms with E-state index in [1.54, 1.807) is 0 Å². The molecule has 1 aliphatic rings. The van der Waals surface area contributed by atoms with Crippen LogP contribution in [0.15, 0.2) is 34.1 Å². The molecule has 1 aliphatic heterocycles. The van der Waals surface area contributed by atoms with Crippen molar-refractivity contribution in [2.24, 2.45) is 0 Å². The largest absolute Gasteiger partial charge is 0.317 e. The SMILES string of the molecule is CN(C)S(=O)(=O)c1ccccc1S(=O)(=O)NC1CCNCC1.Cl. The Morgan fingerprint density at radius 3 is 2.09 bits per heavy atom. The molecule has 1 aromatic rings. The van der Waals surface area contributed by atoms with E-state index in [2.05, 4.69) is 10.0 Å². The summed E-state index contributed by atoms with van der Waals surface area (Å²) in [5.41, 5.74) is 0. The van der Waals surface area contributed by atoms with E-state index in [1.807, 2.05) is 0 Å².